The molecule has 3 heterocycles. The summed E-state index contributed by atoms with van der Waals surface area (Å²) in [6, 6.07) is 9.98. The molecule has 3 aromatic rings. The fourth-order valence-electron chi connectivity index (χ4n) is 3.83. The van der Waals surface area contributed by atoms with Crippen molar-refractivity contribution >= 4 is 33.9 Å². The lowest BCUT2D eigenvalue weighted by molar-refractivity contribution is 0.0429. The van der Waals surface area contributed by atoms with Gasteiger partial charge in [0.25, 0.3) is 0 Å². The molecule has 0 saturated carbocycles. The van der Waals surface area contributed by atoms with Crippen molar-refractivity contribution < 1.29 is 28.3 Å². The van der Waals surface area contributed by atoms with Crippen molar-refractivity contribution in [2.24, 2.45) is 0 Å². The summed E-state index contributed by atoms with van der Waals surface area (Å²) in [6.45, 7) is 12.4. The lowest BCUT2D eigenvalue weighted by Crippen LogP contribution is -2.44. The second-order valence-corrected chi connectivity index (χ2v) is 12.2. The summed E-state index contributed by atoms with van der Waals surface area (Å²) in [5, 5.41) is 7.69. The van der Waals surface area contributed by atoms with Gasteiger partial charge in [0.2, 0.25) is 0 Å². The second kappa shape index (κ2) is 12.0. The van der Waals surface area contributed by atoms with E-state index in [0.29, 0.717) is 21.2 Å². The molecule has 1 aromatic carbocycles. The van der Waals surface area contributed by atoms with E-state index >= 15 is 0 Å². The number of aromatic nitrogens is 3. The van der Waals surface area contributed by atoms with E-state index in [0.717, 1.165) is 37.3 Å². The Hall–Kier alpha value is -3.35. The van der Waals surface area contributed by atoms with Crippen LogP contribution in [0.25, 0.3) is 22.7 Å². The number of hydrogen-bond donors (Lipinski definition) is 1. The molecule has 1 saturated heterocycles. The lowest BCUT2D eigenvalue weighted by Gasteiger charge is -2.28. The molecule has 2 aromatic heterocycles. The highest BCUT2D eigenvalue weighted by molar-refractivity contribution is 9.10. The van der Waals surface area contributed by atoms with Gasteiger partial charge in [-0.1, -0.05) is 29.4 Å². The molecule has 12 heteroatoms. The normalized spacial score (nSPS) is 15.6. The van der Waals surface area contributed by atoms with E-state index in [-0.39, 0.29) is 17.3 Å². The minimum atomic E-state index is -0.965. The molecule has 1 fully saturated rings. The Kier molecular flexibility index (Phi) is 8.91. The molecule has 2 amide bonds. The number of imide groups is 1. The van der Waals surface area contributed by atoms with Gasteiger partial charge in [-0.2, -0.15) is 4.90 Å². The largest absolute Gasteiger partial charge is 0.443 e. The van der Waals surface area contributed by atoms with Gasteiger partial charge >= 0.3 is 12.2 Å². The molecule has 0 spiro atoms. The molecular weight excluding hydrogens is 582 g/mol. The molecule has 4 rings (SSSR count). The monoisotopic (exact) mass is 615 g/mol. The molecule has 1 aliphatic heterocycles. The predicted molar refractivity (Wildman–Crippen MR) is 152 cm³/mol. The van der Waals surface area contributed by atoms with Gasteiger partial charge in [0, 0.05) is 30.8 Å². The first-order chi connectivity index (χ1) is 18.8. The van der Waals surface area contributed by atoms with Crippen LogP contribution in [0.4, 0.5) is 15.4 Å². The average molecular weight is 617 g/mol. The number of rotatable bonds is 6. The van der Waals surface area contributed by atoms with E-state index in [1.165, 1.54) is 6.20 Å². The molecular formula is C28H34BrN5O6. The molecule has 0 aliphatic carbocycles. The molecule has 11 nitrogen and oxygen atoms in total. The highest BCUT2D eigenvalue weighted by Gasteiger charge is 2.36. The number of amides is 2. The fraction of sp³-hybridized carbons (Fsp3) is 0.464. The van der Waals surface area contributed by atoms with Crippen molar-refractivity contribution in [3.8, 4) is 22.7 Å². The van der Waals surface area contributed by atoms with Crippen LogP contribution < -0.4 is 10.2 Å². The zero-order valence-electron chi connectivity index (χ0n) is 23.5. The first-order valence-electron chi connectivity index (χ1n) is 13.0. The van der Waals surface area contributed by atoms with Crippen molar-refractivity contribution in [3.05, 3.63) is 46.7 Å². The summed E-state index contributed by atoms with van der Waals surface area (Å²) < 4.78 is 22.4. The van der Waals surface area contributed by atoms with Crippen LogP contribution in [0.1, 0.15) is 53.5 Å². The van der Waals surface area contributed by atoms with Gasteiger partial charge in [0.1, 0.15) is 21.5 Å². The van der Waals surface area contributed by atoms with Crippen LogP contribution in [0.5, 0.6) is 0 Å². The maximum Gasteiger partial charge on any atom is 0.425 e. The number of halogens is 1. The summed E-state index contributed by atoms with van der Waals surface area (Å²) >= 11 is 3.31. The van der Waals surface area contributed by atoms with Crippen LogP contribution in [0.15, 0.2) is 45.7 Å². The van der Waals surface area contributed by atoms with Gasteiger partial charge in [0.05, 0.1) is 12.8 Å². The average Bonchev–Trinajstić information content (AvgIpc) is 3.54. The van der Waals surface area contributed by atoms with E-state index in [2.05, 4.69) is 36.4 Å². The molecule has 0 radical (unpaired) electrons. The van der Waals surface area contributed by atoms with Crippen LogP contribution >= 0.6 is 15.9 Å². The zero-order chi connectivity index (χ0) is 29.1. The molecule has 1 N–H and O–H groups in total. The highest BCUT2D eigenvalue weighted by atomic mass is 79.9. The maximum absolute atomic E-state index is 13.2. The zero-order valence-corrected chi connectivity index (χ0v) is 25.1. The Bertz CT molecular complexity index is 1310. The van der Waals surface area contributed by atoms with E-state index in [4.69, 9.17) is 18.7 Å². The van der Waals surface area contributed by atoms with Crippen LogP contribution in [-0.2, 0) is 20.8 Å². The van der Waals surface area contributed by atoms with Gasteiger partial charge in [-0.3, -0.25) is 0 Å². The van der Waals surface area contributed by atoms with Crippen LogP contribution in [0, 0.1) is 0 Å². The summed E-state index contributed by atoms with van der Waals surface area (Å²) in [7, 11) is 0. The van der Waals surface area contributed by atoms with E-state index < -0.39 is 23.4 Å². The van der Waals surface area contributed by atoms with E-state index in [9.17, 15) is 9.59 Å². The van der Waals surface area contributed by atoms with Crippen molar-refractivity contribution in [2.45, 2.75) is 71.8 Å². The molecule has 214 valence electrons. The van der Waals surface area contributed by atoms with Gasteiger partial charge in [-0.25, -0.2) is 19.6 Å². The number of carbonyl (C=O) groups is 2. The summed E-state index contributed by atoms with van der Waals surface area (Å²) in [4.78, 5) is 35.9. The first kappa shape index (κ1) is 29.6. The number of nitrogens with one attached hydrogen (secondary N) is 1. The Balaban J connectivity index is 1.63. The van der Waals surface area contributed by atoms with Crippen LogP contribution in [0.2, 0.25) is 0 Å². The Morgan fingerprint density at radius 3 is 2.30 bits per heavy atom. The van der Waals surface area contributed by atoms with Gasteiger partial charge in [0.15, 0.2) is 17.3 Å². The number of ether oxygens (including phenoxy) is 3. The van der Waals surface area contributed by atoms with Crippen LogP contribution in [-0.4, -0.2) is 57.8 Å². The molecule has 1 atom stereocenters. The number of nitrogens with zero attached hydrogens (tertiary/aromatic N) is 4. The van der Waals surface area contributed by atoms with Crippen molar-refractivity contribution in [1.82, 2.24) is 20.4 Å². The molecule has 40 heavy (non-hydrogen) atoms. The predicted octanol–water partition coefficient (Wildman–Crippen LogP) is 6.12. The number of anilines is 1. The van der Waals surface area contributed by atoms with E-state index in [1.807, 2.05) is 24.3 Å². The third-order valence-electron chi connectivity index (χ3n) is 5.61. The molecule has 0 bridgehead atoms. The summed E-state index contributed by atoms with van der Waals surface area (Å²) in [5.41, 5.74) is 0.837. The van der Waals surface area contributed by atoms with E-state index in [1.54, 1.807) is 47.6 Å². The van der Waals surface area contributed by atoms with Crippen LogP contribution in [0.3, 0.4) is 0 Å². The standard InChI is InChI=1S/C28H34BrN5O6/c1-27(2,3)38-25(35)34(26(36)39-28(4,5)6)24-23(32-22(29)15-31-24)21-13-20(33-40-21)18-9-7-17(8-10-18)14-30-19-11-12-37-16-19/h7-10,13,15,19,30H,11-12,14,16H2,1-6H3/t19-/m1/s1. The minimum Gasteiger partial charge on any atom is -0.443 e. The number of benzene rings is 1. The number of carbonyl (C=O) groups excluding carboxylic acids is 2. The number of hydrogen-bond acceptors (Lipinski definition) is 10. The van der Waals surface area contributed by atoms with Gasteiger partial charge < -0.3 is 24.1 Å². The summed E-state index contributed by atoms with van der Waals surface area (Å²) in [6.07, 6.45) is 0.447. The van der Waals surface area contributed by atoms with Crippen molar-refractivity contribution in [2.75, 3.05) is 18.1 Å². The molecule has 1 aliphatic rings. The summed E-state index contributed by atoms with van der Waals surface area (Å²) in [5.74, 6) is 0.0783. The third-order valence-corrected chi connectivity index (χ3v) is 5.99. The minimum absolute atomic E-state index is 0.101. The highest BCUT2D eigenvalue weighted by Crippen LogP contribution is 2.33. The van der Waals surface area contributed by atoms with Gasteiger partial charge in [-0.15, -0.1) is 0 Å². The fourth-order valence-corrected chi connectivity index (χ4v) is 4.11. The lowest BCUT2D eigenvalue weighted by atomic mass is 10.1. The first-order valence-corrected chi connectivity index (χ1v) is 13.7. The Morgan fingerprint density at radius 2 is 1.73 bits per heavy atom. The van der Waals surface area contributed by atoms with Crippen molar-refractivity contribution in [3.63, 3.8) is 0 Å². The molecule has 0 unspecified atom stereocenters. The Morgan fingerprint density at radius 1 is 1.07 bits per heavy atom. The SMILES string of the molecule is CC(C)(C)OC(=O)N(C(=O)OC(C)(C)C)c1ncc(Br)nc1-c1cc(-c2ccc(CN[C@@H]3CCOC3)cc2)no1. The quantitative estimate of drug-likeness (QED) is 0.346. The maximum atomic E-state index is 13.2. The smallest absolute Gasteiger partial charge is 0.425 e. The van der Waals surface area contributed by atoms with Gasteiger partial charge in [-0.05, 0) is 69.5 Å². The second-order valence-electron chi connectivity index (χ2n) is 11.4. The topological polar surface area (TPSA) is 129 Å². The Labute approximate surface area is 241 Å². The van der Waals surface area contributed by atoms with Crippen molar-refractivity contribution in [1.29, 1.82) is 0 Å². The third kappa shape index (κ3) is 7.86.